The number of hydrogen-bond donors (Lipinski definition) is 1. The fraction of sp³-hybridized carbons (Fsp3) is 0.758. The fourth-order valence-corrected chi connectivity index (χ4v) is 12.6. The highest BCUT2D eigenvalue weighted by Crippen LogP contribution is 2.90. The van der Waals surface area contributed by atoms with Crippen LogP contribution < -0.4 is 0 Å². The van der Waals surface area contributed by atoms with Crippen molar-refractivity contribution in [2.24, 2.45) is 28.1 Å². The number of furan rings is 1. The number of carbonyl (C=O) groups is 4. The Kier molecular flexibility index (Phi) is 5.18. The lowest BCUT2D eigenvalue weighted by Crippen LogP contribution is -2.95. The maximum absolute atomic E-state index is 13.7. The minimum atomic E-state index is -2.19. The third-order valence-electron chi connectivity index (χ3n) is 13.6. The summed E-state index contributed by atoms with van der Waals surface area (Å²) in [6.07, 6.45) is 0.288. The van der Waals surface area contributed by atoms with Gasteiger partial charge in [0.25, 0.3) is 5.97 Å². The molecule has 1 N–H and O–H groups in total. The highest BCUT2D eigenvalue weighted by atomic mass is 16.9. The van der Waals surface area contributed by atoms with Crippen LogP contribution in [0.15, 0.2) is 23.0 Å². The predicted molar refractivity (Wildman–Crippen MR) is 148 cm³/mol. The van der Waals surface area contributed by atoms with E-state index in [1.807, 2.05) is 13.8 Å². The van der Waals surface area contributed by atoms with Crippen molar-refractivity contribution in [1.29, 1.82) is 0 Å². The highest BCUT2D eigenvalue weighted by molar-refractivity contribution is 5.75. The molecule has 4 aliphatic carbocycles. The van der Waals surface area contributed by atoms with E-state index in [9.17, 15) is 24.3 Å². The van der Waals surface area contributed by atoms with E-state index in [1.54, 1.807) is 19.9 Å². The molecule has 13 heteroatoms. The summed E-state index contributed by atoms with van der Waals surface area (Å²) < 4.78 is 51.0. The molecule has 4 bridgehead atoms. The smallest absolute Gasteiger partial charge is 0.306 e. The molecule has 0 amide bonds. The van der Waals surface area contributed by atoms with Crippen LogP contribution in [-0.2, 0) is 52.3 Å². The van der Waals surface area contributed by atoms with E-state index in [0.29, 0.717) is 18.4 Å². The van der Waals surface area contributed by atoms with Crippen LogP contribution in [0, 0.1) is 28.1 Å². The van der Waals surface area contributed by atoms with Gasteiger partial charge in [0.05, 0.1) is 24.4 Å². The molecule has 8 fully saturated rings. The molecule has 4 aliphatic heterocycles. The molecular weight excluding hydrogens is 604 g/mol. The molecule has 46 heavy (non-hydrogen) atoms. The number of cyclic esters (lactones) is 2. The predicted octanol–water partition coefficient (Wildman–Crippen LogP) is 2.62. The van der Waals surface area contributed by atoms with Gasteiger partial charge in [-0.3, -0.25) is 19.2 Å². The average Bonchev–Trinajstić information content (AvgIpc) is 3.69. The second-order valence-corrected chi connectivity index (χ2v) is 15.4. The molecule has 3 spiro atoms. The van der Waals surface area contributed by atoms with Gasteiger partial charge in [-0.1, -0.05) is 20.8 Å². The Hall–Kier alpha value is -3.00. The minimum Gasteiger partial charge on any atom is -0.472 e. The van der Waals surface area contributed by atoms with Gasteiger partial charge in [0, 0.05) is 49.0 Å². The first-order valence-electron chi connectivity index (χ1n) is 16.2. The summed E-state index contributed by atoms with van der Waals surface area (Å²) in [5.74, 6) is -5.26. The molecule has 4 saturated carbocycles. The second kappa shape index (κ2) is 8.16. The van der Waals surface area contributed by atoms with Gasteiger partial charge < -0.3 is 42.7 Å². The molecule has 13 atom stereocenters. The third kappa shape index (κ3) is 2.66. The summed E-state index contributed by atoms with van der Waals surface area (Å²) in [6.45, 7) is 8.27. The third-order valence-corrected chi connectivity index (χ3v) is 13.6. The zero-order valence-corrected chi connectivity index (χ0v) is 26.4. The number of carbonyl (C=O) groups excluding carboxylic acids is 4. The van der Waals surface area contributed by atoms with E-state index in [0.717, 1.165) is 0 Å². The number of rotatable bonds is 4. The molecule has 2 unspecified atom stereocenters. The lowest BCUT2D eigenvalue weighted by molar-refractivity contribution is -0.486. The molecule has 5 heterocycles. The topological polar surface area (TPSA) is 166 Å². The molecule has 4 saturated heterocycles. The van der Waals surface area contributed by atoms with Gasteiger partial charge in [-0.2, -0.15) is 0 Å². The molecule has 0 radical (unpaired) electrons. The summed E-state index contributed by atoms with van der Waals surface area (Å²) in [5, 5.41) is 13.6. The first-order valence-corrected chi connectivity index (χ1v) is 16.2. The molecule has 1 aromatic rings. The van der Waals surface area contributed by atoms with Crippen molar-refractivity contribution in [2.45, 2.75) is 120 Å². The molecule has 8 aliphatic rings. The van der Waals surface area contributed by atoms with E-state index in [1.165, 1.54) is 19.5 Å². The Morgan fingerprint density at radius 1 is 0.957 bits per heavy atom. The first-order chi connectivity index (χ1) is 21.6. The molecule has 0 aromatic carbocycles. The summed E-state index contributed by atoms with van der Waals surface area (Å²) in [4.78, 5) is 53.1. The lowest BCUT2D eigenvalue weighted by Gasteiger charge is -2.77. The highest BCUT2D eigenvalue weighted by Gasteiger charge is 3.05. The molecule has 1 aromatic heterocycles. The van der Waals surface area contributed by atoms with Crippen molar-refractivity contribution in [2.75, 3.05) is 6.61 Å². The minimum absolute atomic E-state index is 0.0237. The van der Waals surface area contributed by atoms with E-state index in [-0.39, 0.29) is 32.3 Å². The molecular formula is C33H38O13. The van der Waals surface area contributed by atoms with Crippen molar-refractivity contribution in [1.82, 2.24) is 0 Å². The van der Waals surface area contributed by atoms with Crippen molar-refractivity contribution < 1.29 is 61.9 Å². The summed E-state index contributed by atoms with van der Waals surface area (Å²) in [6, 6.07) is 1.75. The zero-order valence-electron chi connectivity index (χ0n) is 26.4. The van der Waals surface area contributed by atoms with Crippen LogP contribution in [0.1, 0.15) is 84.8 Å². The van der Waals surface area contributed by atoms with Crippen LogP contribution in [0.25, 0.3) is 0 Å². The van der Waals surface area contributed by atoms with Crippen molar-refractivity contribution in [3.05, 3.63) is 24.2 Å². The second-order valence-electron chi connectivity index (χ2n) is 15.4. The largest absolute Gasteiger partial charge is 0.472 e. The Morgan fingerprint density at radius 3 is 2.39 bits per heavy atom. The summed E-state index contributed by atoms with van der Waals surface area (Å²) in [5.41, 5.74) is -9.27. The monoisotopic (exact) mass is 642 g/mol. The maximum Gasteiger partial charge on any atom is 0.306 e. The average molecular weight is 643 g/mol. The summed E-state index contributed by atoms with van der Waals surface area (Å²) in [7, 11) is 0. The van der Waals surface area contributed by atoms with Gasteiger partial charge in [0.15, 0.2) is 11.7 Å². The molecule has 248 valence electrons. The van der Waals surface area contributed by atoms with E-state index in [4.69, 9.17) is 37.6 Å². The van der Waals surface area contributed by atoms with Gasteiger partial charge in [-0.25, -0.2) is 0 Å². The van der Waals surface area contributed by atoms with Crippen molar-refractivity contribution in [3.8, 4) is 0 Å². The zero-order chi connectivity index (χ0) is 32.5. The van der Waals surface area contributed by atoms with Gasteiger partial charge in [-0.15, -0.1) is 0 Å². The standard InChI is InChI=1S/C33H38O13/c1-6-20(35)43-25-32(38)24(41-16(2)34)27(4)14-31(32)29(15-40-21(36)11-18(27)29)30-9-8-26(3)19(33(25,30)46-28(5,44-30)45-31)12-22(37)42-23(26)17-7-10-39-13-17/h7,10,13,18-19,23-25,38H,6,8-9,11-12,14-15H2,1-5H3/t18-,19?,23-,24-,25+,26+,27+,28?,29-,30-,31+,32-,33+/m0/s1. The van der Waals surface area contributed by atoms with Crippen LogP contribution in [0.3, 0.4) is 0 Å². The van der Waals surface area contributed by atoms with Crippen molar-refractivity contribution in [3.63, 3.8) is 0 Å². The number of hydrogen-bond acceptors (Lipinski definition) is 13. The van der Waals surface area contributed by atoms with E-state index >= 15 is 0 Å². The van der Waals surface area contributed by atoms with Crippen LogP contribution in [-0.4, -0.2) is 76.2 Å². The first kappa shape index (κ1) is 29.2. The fourth-order valence-electron chi connectivity index (χ4n) is 12.6. The van der Waals surface area contributed by atoms with E-state index in [2.05, 4.69) is 0 Å². The number of esters is 4. The Bertz CT molecular complexity index is 1610. The van der Waals surface area contributed by atoms with Crippen molar-refractivity contribution >= 4 is 23.9 Å². The SMILES string of the molecule is CCC(=O)O[C@@H]1[C@@]2(O)[C@@H](OC(C)=O)[C@]3(C)C[C@]24OC2(C)O[C@@]5(CC[C@]6(C)C(CC(=O)O[C@H]6c6ccoc6)[C@@]15O2)[C@@]41COC(=O)C[C@@H]31. The Balaban J connectivity index is 1.38. The Labute approximate surface area is 264 Å². The van der Waals surface area contributed by atoms with Crippen LogP contribution >= 0.6 is 0 Å². The van der Waals surface area contributed by atoms with Crippen LogP contribution in [0.4, 0.5) is 0 Å². The van der Waals surface area contributed by atoms with Gasteiger partial charge in [-0.05, 0) is 31.2 Å². The van der Waals surface area contributed by atoms with Crippen LogP contribution in [0.5, 0.6) is 0 Å². The quantitative estimate of drug-likeness (QED) is 0.377. The van der Waals surface area contributed by atoms with E-state index < -0.39 is 98.6 Å². The number of aliphatic hydroxyl groups is 1. The maximum atomic E-state index is 13.7. The normalized spacial score (nSPS) is 55.1. The molecule has 13 nitrogen and oxygen atoms in total. The summed E-state index contributed by atoms with van der Waals surface area (Å²) >= 11 is 0. The molecule has 9 rings (SSSR count). The van der Waals surface area contributed by atoms with Gasteiger partial charge >= 0.3 is 23.9 Å². The van der Waals surface area contributed by atoms with Gasteiger partial charge in [0.1, 0.15) is 35.6 Å². The Morgan fingerprint density at radius 2 is 1.70 bits per heavy atom. The number of fused-ring (bicyclic) bond motifs is 4. The number of ether oxygens (including phenoxy) is 7. The van der Waals surface area contributed by atoms with Gasteiger partial charge in [0.2, 0.25) is 0 Å². The lowest BCUT2D eigenvalue weighted by atomic mass is 9.33. The van der Waals surface area contributed by atoms with Crippen LogP contribution in [0.2, 0.25) is 0 Å².